The molecule has 2 amide bonds. The van der Waals surface area contributed by atoms with Gasteiger partial charge in [-0.25, -0.2) is 4.79 Å². The van der Waals surface area contributed by atoms with Gasteiger partial charge in [0.25, 0.3) is 0 Å². The van der Waals surface area contributed by atoms with E-state index >= 15 is 0 Å². The molecule has 2 aromatic rings. The van der Waals surface area contributed by atoms with Gasteiger partial charge < -0.3 is 10.6 Å². The smallest absolute Gasteiger partial charge is 0.319 e. The number of hydrogen-bond donors (Lipinski definition) is 2. The van der Waals surface area contributed by atoms with Crippen molar-refractivity contribution in [3.63, 3.8) is 0 Å². The van der Waals surface area contributed by atoms with Gasteiger partial charge in [-0.3, -0.25) is 4.98 Å². The number of pyridine rings is 1. The lowest BCUT2D eigenvalue weighted by molar-refractivity contribution is 0.251. The number of anilines is 1. The van der Waals surface area contributed by atoms with Crippen molar-refractivity contribution in [3.8, 4) is 0 Å². The van der Waals surface area contributed by atoms with Crippen LogP contribution in [0.1, 0.15) is 5.69 Å². The molecule has 0 spiro atoms. The zero-order valence-electron chi connectivity index (χ0n) is 9.56. The summed E-state index contributed by atoms with van der Waals surface area (Å²) >= 11 is 2.22. The molecule has 4 nitrogen and oxygen atoms in total. The van der Waals surface area contributed by atoms with Crippen LogP contribution in [0.25, 0.3) is 0 Å². The SMILES string of the molecule is O=C(NCc1ccccn1)Nc1ccc(I)cc1. The van der Waals surface area contributed by atoms with Crippen LogP contribution in [-0.2, 0) is 6.54 Å². The Bertz CT molecular complexity index is 514. The number of carbonyl (C=O) groups is 1. The second kappa shape index (κ2) is 6.34. The highest BCUT2D eigenvalue weighted by atomic mass is 127. The molecule has 0 aliphatic carbocycles. The van der Waals surface area contributed by atoms with E-state index in [-0.39, 0.29) is 6.03 Å². The molecule has 92 valence electrons. The monoisotopic (exact) mass is 353 g/mol. The third kappa shape index (κ3) is 3.99. The zero-order chi connectivity index (χ0) is 12.8. The van der Waals surface area contributed by atoms with Crippen LogP contribution in [0.15, 0.2) is 48.7 Å². The van der Waals surface area contributed by atoms with Gasteiger partial charge in [0, 0.05) is 15.5 Å². The van der Waals surface area contributed by atoms with Crippen LogP contribution in [-0.4, -0.2) is 11.0 Å². The highest BCUT2D eigenvalue weighted by molar-refractivity contribution is 14.1. The summed E-state index contributed by atoms with van der Waals surface area (Å²) < 4.78 is 1.13. The lowest BCUT2D eigenvalue weighted by Crippen LogP contribution is -2.28. The predicted octanol–water partition coefficient (Wildman–Crippen LogP) is 3.01. The first-order chi connectivity index (χ1) is 8.74. The Labute approximate surface area is 119 Å². The summed E-state index contributed by atoms with van der Waals surface area (Å²) in [5, 5.41) is 5.51. The first kappa shape index (κ1) is 12.8. The average molecular weight is 353 g/mol. The number of carbonyl (C=O) groups excluding carboxylic acids is 1. The van der Waals surface area contributed by atoms with Crippen molar-refractivity contribution in [3.05, 3.63) is 57.9 Å². The molecular weight excluding hydrogens is 341 g/mol. The minimum atomic E-state index is -0.234. The summed E-state index contributed by atoms with van der Waals surface area (Å²) in [6, 6.07) is 13.0. The molecule has 18 heavy (non-hydrogen) atoms. The van der Waals surface area contributed by atoms with E-state index in [0.29, 0.717) is 6.54 Å². The first-order valence-electron chi connectivity index (χ1n) is 5.44. The maximum Gasteiger partial charge on any atom is 0.319 e. The third-order valence-corrected chi connectivity index (χ3v) is 2.98. The number of benzene rings is 1. The fourth-order valence-electron chi connectivity index (χ4n) is 1.38. The molecule has 0 radical (unpaired) electrons. The summed E-state index contributed by atoms with van der Waals surface area (Å²) in [6.07, 6.45) is 1.70. The highest BCUT2D eigenvalue weighted by Crippen LogP contribution is 2.10. The van der Waals surface area contributed by atoms with E-state index in [0.717, 1.165) is 15.0 Å². The Morgan fingerprint density at radius 3 is 2.61 bits per heavy atom. The molecule has 0 unspecified atom stereocenters. The summed E-state index contributed by atoms with van der Waals surface area (Å²) in [5.74, 6) is 0. The van der Waals surface area contributed by atoms with Crippen LogP contribution in [0.2, 0.25) is 0 Å². The van der Waals surface area contributed by atoms with E-state index < -0.39 is 0 Å². The third-order valence-electron chi connectivity index (χ3n) is 2.26. The molecule has 0 aliphatic rings. The van der Waals surface area contributed by atoms with Gasteiger partial charge >= 0.3 is 6.03 Å². The minimum Gasteiger partial charge on any atom is -0.332 e. The van der Waals surface area contributed by atoms with Crippen molar-refractivity contribution in [2.24, 2.45) is 0 Å². The number of nitrogens with one attached hydrogen (secondary N) is 2. The van der Waals surface area contributed by atoms with Crippen molar-refractivity contribution < 1.29 is 4.79 Å². The van der Waals surface area contributed by atoms with Gasteiger partial charge in [-0.15, -0.1) is 0 Å². The van der Waals surface area contributed by atoms with Crippen molar-refractivity contribution in [2.75, 3.05) is 5.32 Å². The van der Waals surface area contributed by atoms with Gasteiger partial charge in [0.1, 0.15) is 0 Å². The Kier molecular flexibility index (Phi) is 4.52. The largest absolute Gasteiger partial charge is 0.332 e. The fraction of sp³-hybridized carbons (Fsp3) is 0.0769. The summed E-state index contributed by atoms with van der Waals surface area (Å²) in [5.41, 5.74) is 1.60. The Balaban J connectivity index is 1.84. The van der Waals surface area contributed by atoms with Crippen LogP contribution in [0, 0.1) is 3.57 Å². The number of rotatable bonds is 3. The average Bonchev–Trinajstić information content (AvgIpc) is 2.40. The van der Waals surface area contributed by atoms with Crippen LogP contribution in [0.3, 0.4) is 0 Å². The van der Waals surface area contributed by atoms with E-state index in [4.69, 9.17) is 0 Å². The highest BCUT2D eigenvalue weighted by Gasteiger charge is 2.01. The lowest BCUT2D eigenvalue weighted by atomic mass is 10.3. The van der Waals surface area contributed by atoms with Gasteiger partial charge in [-0.05, 0) is 59.0 Å². The molecular formula is C13H12IN3O. The maximum atomic E-state index is 11.6. The molecule has 0 saturated heterocycles. The number of urea groups is 1. The minimum absolute atomic E-state index is 0.234. The van der Waals surface area contributed by atoms with Crippen LogP contribution in [0.4, 0.5) is 10.5 Å². The van der Waals surface area contributed by atoms with E-state index in [1.165, 1.54) is 0 Å². The van der Waals surface area contributed by atoms with Gasteiger partial charge in [-0.1, -0.05) is 6.07 Å². The molecule has 5 heteroatoms. The second-order valence-corrected chi connectivity index (χ2v) is 4.88. The summed E-state index contributed by atoms with van der Waals surface area (Å²) in [7, 11) is 0. The quantitative estimate of drug-likeness (QED) is 0.834. The molecule has 2 rings (SSSR count). The fourth-order valence-corrected chi connectivity index (χ4v) is 1.74. The summed E-state index contributed by atoms with van der Waals surface area (Å²) in [6.45, 7) is 0.414. The molecule has 1 aromatic carbocycles. The molecule has 0 bridgehead atoms. The topological polar surface area (TPSA) is 54.0 Å². The Hall–Kier alpha value is -1.63. The first-order valence-corrected chi connectivity index (χ1v) is 6.52. The van der Waals surface area contributed by atoms with Gasteiger partial charge in [-0.2, -0.15) is 0 Å². The van der Waals surface area contributed by atoms with Crippen molar-refractivity contribution >= 4 is 34.3 Å². The van der Waals surface area contributed by atoms with Gasteiger partial charge in [0.05, 0.1) is 12.2 Å². The van der Waals surface area contributed by atoms with E-state index in [1.54, 1.807) is 6.20 Å². The van der Waals surface area contributed by atoms with Crippen molar-refractivity contribution in [2.45, 2.75) is 6.54 Å². The zero-order valence-corrected chi connectivity index (χ0v) is 11.7. The lowest BCUT2D eigenvalue weighted by Gasteiger charge is -2.07. The molecule has 0 atom stereocenters. The summed E-state index contributed by atoms with van der Waals surface area (Å²) in [4.78, 5) is 15.7. The van der Waals surface area contributed by atoms with Crippen molar-refractivity contribution in [1.29, 1.82) is 0 Å². The second-order valence-electron chi connectivity index (χ2n) is 3.64. The number of halogens is 1. The van der Waals surface area contributed by atoms with E-state index in [9.17, 15) is 4.79 Å². The normalized spacial score (nSPS) is 9.83. The van der Waals surface area contributed by atoms with E-state index in [1.807, 2.05) is 42.5 Å². The van der Waals surface area contributed by atoms with Gasteiger partial charge in [0.2, 0.25) is 0 Å². The Morgan fingerprint density at radius 1 is 1.17 bits per heavy atom. The van der Waals surface area contributed by atoms with Gasteiger partial charge in [0.15, 0.2) is 0 Å². The number of aromatic nitrogens is 1. The van der Waals surface area contributed by atoms with Crippen molar-refractivity contribution in [1.82, 2.24) is 10.3 Å². The van der Waals surface area contributed by atoms with Crippen LogP contribution >= 0.6 is 22.6 Å². The number of amides is 2. The standard InChI is InChI=1S/C13H12IN3O/c14-10-4-6-11(7-5-10)17-13(18)16-9-12-3-1-2-8-15-12/h1-8H,9H2,(H2,16,17,18). The number of nitrogens with zero attached hydrogens (tertiary/aromatic N) is 1. The predicted molar refractivity (Wildman–Crippen MR) is 79.3 cm³/mol. The molecule has 0 aliphatic heterocycles. The van der Waals surface area contributed by atoms with Crippen LogP contribution < -0.4 is 10.6 Å². The molecule has 2 N–H and O–H groups in total. The van der Waals surface area contributed by atoms with E-state index in [2.05, 4.69) is 38.2 Å². The maximum absolute atomic E-state index is 11.6. The Morgan fingerprint density at radius 2 is 1.94 bits per heavy atom. The van der Waals surface area contributed by atoms with Crippen LogP contribution in [0.5, 0.6) is 0 Å². The molecule has 1 aromatic heterocycles. The number of hydrogen-bond acceptors (Lipinski definition) is 2. The molecule has 1 heterocycles. The molecule has 0 saturated carbocycles. The molecule has 0 fully saturated rings.